The van der Waals surface area contributed by atoms with Gasteiger partial charge in [0.25, 0.3) is 5.91 Å². The summed E-state index contributed by atoms with van der Waals surface area (Å²) in [5, 5.41) is 12.7. The smallest absolute Gasteiger partial charge is 0.416 e. The van der Waals surface area contributed by atoms with E-state index in [-0.39, 0.29) is 30.9 Å². The molecule has 2 unspecified atom stereocenters. The van der Waals surface area contributed by atoms with Gasteiger partial charge in [0.1, 0.15) is 18.5 Å². The fourth-order valence-corrected chi connectivity index (χ4v) is 4.18. The van der Waals surface area contributed by atoms with E-state index in [1.807, 2.05) is 12.1 Å². The van der Waals surface area contributed by atoms with Gasteiger partial charge in [0.2, 0.25) is 0 Å². The first-order chi connectivity index (χ1) is 14.8. The number of nitrogens with one attached hydrogen (secondary N) is 1. The Bertz CT molecular complexity index is 872. The third-order valence-electron chi connectivity index (χ3n) is 4.68. The molecule has 1 aliphatic heterocycles. The molecule has 1 saturated heterocycles. The van der Waals surface area contributed by atoms with Gasteiger partial charge >= 0.3 is 6.18 Å². The second-order valence-electron chi connectivity index (χ2n) is 7.14. The Morgan fingerprint density at radius 3 is 2.81 bits per heavy atom. The molecular weight excluding hydrogens is 431 g/mol. The highest BCUT2D eigenvalue weighted by Crippen LogP contribution is 2.31. The average Bonchev–Trinajstić information content (AvgIpc) is 3.28. The Labute approximate surface area is 182 Å². The van der Waals surface area contributed by atoms with Gasteiger partial charge in [0.05, 0.1) is 17.2 Å². The molecule has 2 N–H and O–H groups in total. The van der Waals surface area contributed by atoms with Crippen molar-refractivity contribution in [3.63, 3.8) is 0 Å². The van der Waals surface area contributed by atoms with Crippen LogP contribution in [0.2, 0.25) is 0 Å². The molecule has 1 aliphatic rings. The summed E-state index contributed by atoms with van der Waals surface area (Å²) in [5.41, 5.74) is -0.332. The summed E-state index contributed by atoms with van der Waals surface area (Å²) in [7, 11) is 0. The molecule has 2 aromatic rings. The zero-order valence-electron chi connectivity index (χ0n) is 16.7. The quantitative estimate of drug-likeness (QED) is 0.556. The highest BCUT2D eigenvalue weighted by atomic mass is 32.2. The molecule has 3 rings (SSSR count). The van der Waals surface area contributed by atoms with Gasteiger partial charge in [-0.2, -0.15) is 13.2 Å². The normalized spacial score (nSPS) is 17.4. The summed E-state index contributed by atoms with van der Waals surface area (Å²) in [6.45, 7) is 0.424. The van der Waals surface area contributed by atoms with Gasteiger partial charge < -0.3 is 19.9 Å². The molecule has 1 heterocycles. The van der Waals surface area contributed by atoms with Crippen LogP contribution in [0, 0.1) is 0 Å². The number of alkyl halides is 3. The van der Waals surface area contributed by atoms with E-state index in [4.69, 9.17) is 9.47 Å². The number of carbonyl (C=O) groups is 1. The number of hydrogen-bond donors (Lipinski definition) is 2. The van der Waals surface area contributed by atoms with Gasteiger partial charge in [-0.25, -0.2) is 0 Å². The van der Waals surface area contributed by atoms with Crippen molar-refractivity contribution in [3.05, 3.63) is 59.7 Å². The van der Waals surface area contributed by atoms with Crippen LogP contribution in [0.5, 0.6) is 5.75 Å². The van der Waals surface area contributed by atoms with E-state index in [1.54, 1.807) is 23.9 Å². The van der Waals surface area contributed by atoms with Gasteiger partial charge in [-0.15, -0.1) is 11.8 Å². The zero-order valence-corrected chi connectivity index (χ0v) is 17.5. The Hall–Kier alpha value is -2.23. The Kier molecular flexibility index (Phi) is 8.22. The molecule has 0 aromatic heterocycles. The van der Waals surface area contributed by atoms with E-state index >= 15 is 0 Å². The van der Waals surface area contributed by atoms with Crippen LogP contribution in [0.3, 0.4) is 0 Å². The lowest BCUT2D eigenvalue weighted by molar-refractivity contribution is -0.137. The van der Waals surface area contributed by atoms with Crippen LogP contribution < -0.4 is 10.1 Å². The lowest BCUT2D eigenvalue weighted by atomic mass is 10.2. The van der Waals surface area contributed by atoms with E-state index in [0.29, 0.717) is 5.56 Å². The molecule has 0 aliphatic carbocycles. The zero-order chi connectivity index (χ0) is 22.3. The summed E-state index contributed by atoms with van der Waals surface area (Å²) in [5.74, 6) is 0.419. The molecule has 0 saturated carbocycles. The number of rotatable bonds is 9. The molecule has 0 bridgehead atoms. The number of aliphatic hydroxyl groups is 1. The standard InChI is InChI=1S/C22H24F3NO4S/c23-22(24,25)15-5-3-6-17(11-15)30-13-16(27)12-26-21(28)19-8-1-2-9-20(19)31-14-18-7-4-10-29-18/h1-3,5-6,8-9,11,16,18,27H,4,7,10,12-14H2,(H,26,28). The molecule has 5 nitrogen and oxygen atoms in total. The van der Waals surface area contributed by atoms with Crippen molar-refractivity contribution in [2.75, 3.05) is 25.5 Å². The van der Waals surface area contributed by atoms with Gasteiger partial charge in [-0.05, 0) is 43.2 Å². The minimum atomic E-state index is -4.47. The summed E-state index contributed by atoms with van der Waals surface area (Å²) < 4.78 is 49.1. The van der Waals surface area contributed by atoms with Crippen LogP contribution >= 0.6 is 11.8 Å². The van der Waals surface area contributed by atoms with E-state index in [9.17, 15) is 23.1 Å². The Balaban J connectivity index is 1.48. The Morgan fingerprint density at radius 2 is 2.06 bits per heavy atom. The largest absolute Gasteiger partial charge is 0.491 e. The van der Waals surface area contributed by atoms with Gasteiger partial charge in [-0.3, -0.25) is 4.79 Å². The maximum Gasteiger partial charge on any atom is 0.416 e. The van der Waals surface area contributed by atoms with Gasteiger partial charge in [-0.1, -0.05) is 18.2 Å². The fraction of sp³-hybridized carbons (Fsp3) is 0.409. The molecule has 2 atom stereocenters. The molecule has 2 aromatic carbocycles. The van der Waals surface area contributed by atoms with Crippen molar-refractivity contribution in [3.8, 4) is 5.75 Å². The van der Waals surface area contributed by atoms with Crippen LogP contribution in [-0.2, 0) is 10.9 Å². The summed E-state index contributed by atoms with van der Waals surface area (Å²) in [6, 6.07) is 11.6. The number of aliphatic hydroxyl groups excluding tert-OH is 1. The van der Waals surface area contributed by atoms with Crippen LogP contribution in [0.1, 0.15) is 28.8 Å². The van der Waals surface area contributed by atoms with Crippen LogP contribution in [0.25, 0.3) is 0 Å². The molecule has 168 valence electrons. The third kappa shape index (κ3) is 7.15. The number of halogens is 3. The van der Waals surface area contributed by atoms with Crippen LogP contribution in [0.15, 0.2) is 53.4 Å². The first-order valence-electron chi connectivity index (χ1n) is 9.92. The first-order valence-corrected chi connectivity index (χ1v) is 10.9. The molecule has 0 spiro atoms. The number of benzene rings is 2. The van der Waals surface area contributed by atoms with E-state index in [0.717, 1.165) is 42.2 Å². The fourth-order valence-electron chi connectivity index (χ4n) is 3.06. The lowest BCUT2D eigenvalue weighted by Crippen LogP contribution is -2.35. The molecule has 9 heteroatoms. The summed E-state index contributed by atoms with van der Waals surface area (Å²) in [4.78, 5) is 13.4. The van der Waals surface area contributed by atoms with Crippen molar-refractivity contribution in [2.45, 2.75) is 36.1 Å². The minimum absolute atomic E-state index is 0.00363. The van der Waals surface area contributed by atoms with E-state index in [1.165, 1.54) is 12.1 Å². The topological polar surface area (TPSA) is 67.8 Å². The predicted molar refractivity (Wildman–Crippen MR) is 111 cm³/mol. The molecule has 31 heavy (non-hydrogen) atoms. The van der Waals surface area contributed by atoms with Crippen molar-refractivity contribution in [1.29, 1.82) is 0 Å². The van der Waals surface area contributed by atoms with Crippen molar-refractivity contribution >= 4 is 17.7 Å². The first kappa shape index (κ1) is 23.4. The second kappa shape index (κ2) is 10.9. The van der Waals surface area contributed by atoms with Crippen LogP contribution in [-0.4, -0.2) is 48.7 Å². The molecular formula is C22H24F3NO4S. The summed E-state index contributed by atoms with van der Waals surface area (Å²) in [6.07, 6.45) is -3.30. The average molecular weight is 455 g/mol. The maximum atomic E-state index is 12.8. The number of ether oxygens (including phenoxy) is 2. The highest BCUT2D eigenvalue weighted by Gasteiger charge is 2.30. The minimum Gasteiger partial charge on any atom is -0.491 e. The predicted octanol–water partition coefficient (Wildman–Crippen LogP) is 4.15. The molecule has 1 fully saturated rings. The van der Waals surface area contributed by atoms with Crippen molar-refractivity contribution in [1.82, 2.24) is 5.32 Å². The van der Waals surface area contributed by atoms with Crippen molar-refractivity contribution < 1.29 is 32.5 Å². The van der Waals surface area contributed by atoms with E-state index in [2.05, 4.69) is 5.32 Å². The monoisotopic (exact) mass is 455 g/mol. The number of carbonyl (C=O) groups excluding carboxylic acids is 1. The highest BCUT2D eigenvalue weighted by molar-refractivity contribution is 7.99. The van der Waals surface area contributed by atoms with E-state index < -0.39 is 17.8 Å². The van der Waals surface area contributed by atoms with Gasteiger partial charge in [0, 0.05) is 23.8 Å². The SMILES string of the molecule is O=C(NCC(O)COc1cccc(C(F)(F)F)c1)c1ccccc1SCC1CCCO1. The van der Waals surface area contributed by atoms with Crippen molar-refractivity contribution in [2.24, 2.45) is 0 Å². The third-order valence-corrected chi connectivity index (χ3v) is 5.89. The van der Waals surface area contributed by atoms with Crippen LogP contribution in [0.4, 0.5) is 13.2 Å². The Morgan fingerprint density at radius 1 is 1.26 bits per heavy atom. The second-order valence-corrected chi connectivity index (χ2v) is 8.20. The molecule has 0 radical (unpaired) electrons. The number of hydrogen-bond acceptors (Lipinski definition) is 5. The number of thioether (sulfide) groups is 1. The summed E-state index contributed by atoms with van der Waals surface area (Å²) >= 11 is 1.55. The van der Waals surface area contributed by atoms with Gasteiger partial charge in [0.15, 0.2) is 0 Å². The molecule has 1 amide bonds. The lowest BCUT2D eigenvalue weighted by Gasteiger charge is -2.16. The number of amides is 1. The maximum absolute atomic E-state index is 12.8.